The van der Waals surface area contributed by atoms with E-state index in [0.717, 1.165) is 51.9 Å². The maximum atomic E-state index is 12.1. The maximum Gasteiger partial charge on any atom is 0.374 e. The predicted molar refractivity (Wildman–Crippen MR) is 178 cm³/mol. The molecule has 1 aliphatic heterocycles. The molecule has 5 rings (SSSR count). The summed E-state index contributed by atoms with van der Waals surface area (Å²) in [4.78, 5) is 15.5. The van der Waals surface area contributed by atoms with Crippen LogP contribution in [0, 0.1) is 0 Å². The van der Waals surface area contributed by atoms with Crippen LogP contribution in [0.4, 0.5) is 11.4 Å². The normalized spacial score (nSPS) is 14.2. The van der Waals surface area contributed by atoms with E-state index in [9.17, 15) is 13.2 Å². The van der Waals surface area contributed by atoms with Crippen LogP contribution in [0.1, 0.15) is 39.5 Å². The van der Waals surface area contributed by atoms with E-state index in [1.807, 2.05) is 59.3 Å². The maximum absolute atomic E-state index is 12.1. The van der Waals surface area contributed by atoms with Gasteiger partial charge in [-0.15, -0.1) is 0 Å². The molecule has 0 radical (unpaired) electrons. The van der Waals surface area contributed by atoms with Crippen LogP contribution in [0.15, 0.2) is 83.1 Å². The van der Waals surface area contributed by atoms with Crippen molar-refractivity contribution >= 4 is 67.7 Å². The molecule has 0 fully saturated rings. The Kier molecular flexibility index (Phi) is 9.68. The monoisotopic (exact) mass is 653 g/mol. The van der Waals surface area contributed by atoms with Gasteiger partial charge in [-0.1, -0.05) is 59.6 Å². The Hall–Kier alpha value is -3.79. The molecule has 230 valence electrons. The number of halogens is 2. The molecule has 11 heteroatoms. The number of unbranched alkanes of at least 4 members (excludes halogenated alkanes) is 1. The Labute approximate surface area is 268 Å². The molecular formula is C33H35Cl2N4O4S+. The summed E-state index contributed by atoms with van der Waals surface area (Å²) < 4.78 is 34.7. The number of sulfonamides is 1. The number of fused-ring (bicyclic) bond motifs is 2. The number of anilines is 2. The summed E-state index contributed by atoms with van der Waals surface area (Å²) >= 11 is 12.8. The SMILES string of the molecule is CCN1/C(=C/C=C\c2oc3ccc(-c4ccccc4)cc3[n+]2CC)N(CCCCS(=O)(=O)NC(C)=O)c2cc(Cl)c(Cl)cc21. The fourth-order valence-electron chi connectivity index (χ4n) is 5.51. The van der Waals surface area contributed by atoms with E-state index >= 15 is 0 Å². The minimum Gasteiger partial charge on any atom is -0.398 e. The van der Waals surface area contributed by atoms with Crippen molar-refractivity contribution in [1.29, 1.82) is 0 Å². The molecule has 0 spiro atoms. The summed E-state index contributed by atoms with van der Waals surface area (Å²) in [6.45, 7) is 7.29. The first-order chi connectivity index (χ1) is 21.1. The lowest BCUT2D eigenvalue weighted by Gasteiger charge is -2.24. The molecule has 0 bridgehead atoms. The molecule has 3 aromatic carbocycles. The van der Waals surface area contributed by atoms with Crippen LogP contribution in [-0.4, -0.2) is 33.2 Å². The first kappa shape index (κ1) is 31.6. The molecule has 1 aliphatic rings. The third-order valence-corrected chi connectivity index (χ3v) is 9.60. The summed E-state index contributed by atoms with van der Waals surface area (Å²) in [5.41, 5.74) is 5.92. The highest BCUT2D eigenvalue weighted by Crippen LogP contribution is 2.45. The zero-order valence-electron chi connectivity index (χ0n) is 24.9. The highest BCUT2D eigenvalue weighted by Gasteiger charge is 2.31. The Morgan fingerprint density at radius 2 is 1.66 bits per heavy atom. The third-order valence-electron chi connectivity index (χ3n) is 7.45. The van der Waals surface area contributed by atoms with Gasteiger partial charge in [0.1, 0.15) is 12.4 Å². The largest absolute Gasteiger partial charge is 0.398 e. The van der Waals surface area contributed by atoms with Crippen LogP contribution in [0.25, 0.3) is 28.3 Å². The second-order valence-electron chi connectivity index (χ2n) is 10.5. The Bertz CT molecular complexity index is 1850. The van der Waals surface area contributed by atoms with Crippen LogP contribution in [0.2, 0.25) is 10.0 Å². The lowest BCUT2D eigenvalue weighted by molar-refractivity contribution is -0.674. The van der Waals surface area contributed by atoms with E-state index in [0.29, 0.717) is 36.0 Å². The first-order valence-corrected chi connectivity index (χ1v) is 17.0. The molecule has 1 amide bonds. The number of hydrogen-bond donors (Lipinski definition) is 1. The molecular weight excluding hydrogens is 619 g/mol. The quantitative estimate of drug-likeness (QED) is 0.137. The number of allylic oxidation sites excluding steroid dienone is 2. The molecule has 0 aliphatic carbocycles. The van der Waals surface area contributed by atoms with Crippen LogP contribution in [0.5, 0.6) is 0 Å². The van der Waals surface area contributed by atoms with Gasteiger partial charge < -0.3 is 14.2 Å². The molecule has 2 heterocycles. The minimum absolute atomic E-state index is 0.139. The predicted octanol–water partition coefficient (Wildman–Crippen LogP) is 7.16. The average molecular weight is 655 g/mol. The van der Waals surface area contributed by atoms with Crippen LogP contribution < -0.4 is 19.1 Å². The van der Waals surface area contributed by atoms with E-state index in [2.05, 4.69) is 52.5 Å². The number of aromatic nitrogens is 1. The summed E-state index contributed by atoms with van der Waals surface area (Å²) in [6, 6.07) is 20.2. The van der Waals surface area contributed by atoms with E-state index in [-0.39, 0.29) is 5.75 Å². The Morgan fingerprint density at radius 3 is 2.32 bits per heavy atom. The van der Waals surface area contributed by atoms with E-state index in [1.54, 1.807) is 0 Å². The fraction of sp³-hybridized carbons (Fsp3) is 0.273. The van der Waals surface area contributed by atoms with E-state index < -0.39 is 15.9 Å². The van der Waals surface area contributed by atoms with Crippen molar-refractivity contribution in [2.75, 3.05) is 28.6 Å². The number of benzene rings is 3. The van der Waals surface area contributed by atoms with Crippen LogP contribution in [-0.2, 0) is 21.4 Å². The summed E-state index contributed by atoms with van der Waals surface area (Å²) in [5, 5.41) is 0.903. The lowest BCUT2D eigenvalue weighted by atomic mass is 10.1. The smallest absolute Gasteiger partial charge is 0.374 e. The van der Waals surface area contributed by atoms with Crippen LogP contribution in [0.3, 0.4) is 0 Å². The molecule has 44 heavy (non-hydrogen) atoms. The van der Waals surface area contributed by atoms with Crippen molar-refractivity contribution < 1.29 is 22.2 Å². The first-order valence-electron chi connectivity index (χ1n) is 14.6. The van der Waals surface area contributed by atoms with Crippen molar-refractivity contribution in [3.05, 3.63) is 94.6 Å². The third kappa shape index (κ3) is 6.80. The molecule has 4 aromatic rings. The lowest BCUT2D eigenvalue weighted by Crippen LogP contribution is -2.33. The number of amides is 1. The minimum atomic E-state index is -3.67. The van der Waals surface area contributed by atoms with Gasteiger partial charge in [0.15, 0.2) is 0 Å². The molecule has 8 nitrogen and oxygen atoms in total. The van der Waals surface area contributed by atoms with Gasteiger partial charge in [0.2, 0.25) is 21.5 Å². The molecule has 0 saturated carbocycles. The molecule has 1 aromatic heterocycles. The number of aryl methyl sites for hydroxylation is 1. The Morgan fingerprint density at radius 1 is 0.955 bits per heavy atom. The van der Waals surface area contributed by atoms with Gasteiger partial charge in [0.25, 0.3) is 5.52 Å². The number of carbonyl (C=O) groups excluding carboxylic acids is 1. The van der Waals surface area contributed by atoms with Gasteiger partial charge in [-0.3, -0.25) is 9.52 Å². The molecule has 0 saturated heterocycles. The number of oxazole rings is 1. The second-order valence-corrected chi connectivity index (χ2v) is 13.1. The molecule has 1 N–H and O–H groups in total. The fourth-order valence-corrected chi connectivity index (χ4v) is 6.95. The van der Waals surface area contributed by atoms with Crippen molar-refractivity contribution in [2.45, 2.75) is 40.2 Å². The van der Waals surface area contributed by atoms with Crippen molar-refractivity contribution in [3.63, 3.8) is 0 Å². The molecule has 0 unspecified atom stereocenters. The summed E-state index contributed by atoms with van der Waals surface area (Å²) in [7, 11) is -3.67. The van der Waals surface area contributed by atoms with Gasteiger partial charge in [-0.25, -0.2) is 8.42 Å². The highest BCUT2D eigenvalue weighted by molar-refractivity contribution is 7.90. The standard InChI is InChI=1S/C33H34Cl2N4O4S/c1-4-37-28-21-26(34)27(35)22-29(28)39(18-9-10-19-44(41,42)36-23(3)40)32(37)14-11-15-33-38(5-2)30-20-25(16-17-31(30)43-33)24-12-7-6-8-13-24/h6-8,11-17,20-22H,4-5,9-10,18-19H2,1-3H3/p+1. The number of rotatable bonds is 11. The highest BCUT2D eigenvalue weighted by atomic mass is 35.5. The van der Waals surface area contributed by atoms with Gasteiger partial charge in [0.05, 0.1) is 33.2 Å². The van der Waals surface area contributed by atoms with Gasteiger partial charge >= 0.3 is 5.89 Å². The second kappa shape index (κ2) is 13.5. The van der Waals surface area contributed by atoms with Gasteiger partial charge in [-0.2, -0.15) is 4.57 Å². The van der Waals surface area contributed by atoms with Crippen molar-refractivity contribution in [3.8, 4) is 11.1 Å². The van der Waals surface area contributed by atoms with E-state index in [4.69, 9.17) is 27.6 Å². The zero-order chi connectivity index (χ0) is 31.4. The van der Waals surface area contributed by atoms with Crippen molar-refractivity contribution in [2.24, 2.45) is 0 Å². The topological polar surface area (TPSA) is 86.7 Å². The number of carbonyl (C=O) groups is 1. The zero-order valence-corrected chi connectivity index (χ0v) is 27.2. The van der Waals surface area contributed by atoms with Crippen molar-refractivity contribution in [1.82, 2.24) is 4.72 Å². The van der Waals surface area contributed by atoms with Gasteiger partial charge in [-0.05, 0) is 68.2 Å². The summed E-state index contributed by atoms with van der Waals surface area (Å²) in [6.07, 6.45) is 6.88. The number of hydrogen-bond acceptors (Lipinski definition) is 6. The summed E-state index contributed by atoms with van der Waals surface area (Å²) in [5.74, 6) is 0.905. The van der Waals surface area contributed by atoms with E-state index in [1.165, 1.54) is 6.92 Å². The average Bonchev–Trinajstić information content (AvgIpc) is 3.48. The number of nitrogens with one attached hydrogen (secondary N) is 1. The van der Waals surface area contributed by atoms with Crippen LogP contribution >= 0.6 is 23.2 Å². The Balaban J connectivity index is 1.44. The number of nitrogens with zero attached hydrogens (tertiary/aromatic N) is 3. The van der Waals surface area contributed by atoms with Gasteiger partial charge in [0, 0.05) is 26.1 Å². The molecule has 0 atom stereocenters.